The molecule has 3 heterocycles. The molecule has 1 aliphatic rings. The van der Waals surface area contributed by atoms with Crippen LogP contribution in [0.15, 0.2) is 47.8 Å². The summed E-state index contributed by atoms with van der Waals surface area (Å²) in [5.41, 5.74) is 1.44. The van der Waals surface area contributed by atoms with Gasteiger partial charge in [-0.05, 0) is 43.5 Å². The molecule has 0 N–H and O–H groups in total. The molecule has 1 aliphatic heterocycles. The van der Waals surface area contributed by atoms with Gasteiger partial charge in [0, 0.05) is 43.2 Å². The van der Waals surface area contributed by atoms with Gasteiger partial charge in [0.15, 0.2) is 0 Å². The molecule has 1 saturated heterocycles. The van der Waals surface area contributed by atoms with Crippen LogP contribution in [0.3, 0.4) is 0 Å². The van der Waals surface area contributed by atoms with Crippen molar-refractivity contribution in [3.05, 3.63) is 59.1 Å². The Morgan fingerprint density at radius 3 is 2.59 bits per heavy atom. The first-order chi connectivity index (χ1) is 13.1. The van der Waals surface area contributed by atoms with Crippen molar-refractivity contribution in [3.8, 4) is 0 Å². The summed E-state index contributed by atoms with van der Waals surface area (Å²) in [4.78, 5) is 30.8. The van der Waals surface area contributed by atoms with Crippen molar-refractivity contribution < 1.29 is 9.59 Å². The Labute approximate surface area is 162 Å². The van der Waals surface area contributed by atoms with Gasteiger partial charge in [0.25, 0.3) is 11.8 Å². The second-order valence-corrected chi connectivity index (χ2v) is 7.81. The lowest BCUT2D eigenvalue weighted by Crippen LogP contribution is -2.55. The number of benzene rings is 1. The monoisotopic (exact) mass is 381 g/mol. The Hall–Kier alpha value is -2.60. The van der Waals surface area contributed by atoms with Gasteiger partial charge in [-0.2, -0.15) is 0 Å². The summed E-state index contributed by atoms with van der Waals surface area (Å²) >= 11 is 1.67. The van der Waals surface area contributed by atoms with E-state index in [0.717, 1.165) is 22.5 Å². The lowest BCUT2D eigenvalue weighted by atomic mass is 10.1. The minimum atomic E-state index is -0.0124. The molecule has 1 aromatic carbocycles. The number of piperazine rings is 1. The molecule has 1 unspecified atom stereocenters. The zero-order chi connectivity index (χ0) is 19.0. The molecule has 140 valence electrons. The normalized spacial score (nSPS) is 17.5. The first kappa shape index (κ1) is 17.8. The predicted molar refractivity (Wildman–Crippen MR) is 108 cm³/mol. The number of hydrogen-bond donors (Lipinski definition) is 0. The lowest BCUT2D eigenvalue weighted by Gasteiger charge is -2.40. The molecule has 0 aliphatic carbocycles. The standard InChI is InChI=1S/C21H23N3O2S/c1-3-23-18(13-17-9-12-27-21(17)23)20(26)22-10-11-24(15(2)14-22)19(25)16-7-5-4-6-8-16/h4-9,12-13,15H,3,10-11,14H2,1-2H3. The average molecular weight is 382 g/mol. The molecular formula is C21H23N3O2S. The highest BCUT2D eigenvalue weighted by molar-refractivity contribution is 7.16. The molecule has 2 amide bonds. The summed E-state index contributed by atoms with van der Waals surface area (Å²) < 4.78 is 2.09. The van der Waals surface area contributed by atoms with Crippen molar-refractivity contribution in [3.63, 3.8) is 0 Å². The highest BCUT2D eigenvalue weighted by Crippen LogP contribution is 2.27. The molecule has 1 fully saturated rings. The number of hydrogen-bond acceptors (Lipinski definition) is 3. The van der Waals surface area contributed by atoms with E-state index in [0.29, 0.717) is 25.2 Å². The SMILES string of the molecule is CCn1c(C(=O)N2CCN(C(=O)c3ccccc3)C(C)C2)cc2ccsc21. The van der Waals surface area contributed by atoms with Crippen LogP contribution >= 0.6 is 11.3 Å². The summed E-state index contributed by atoms with van der Waals surface area (Å²) in [5.74, 6) is 0.0894. The lowest BCUT2D eigenvalue weighted by molar-refractivity contribution is 0.0409. The summed E-state index contributed by atoms with van der Waals surface area (Å²) in [6, 6.07) is 13.4. The highest BCUT2D eigenvalue weighted by atomic mass is 32.1. The highest BCUT2D eigenvalue weighted by Gasteiger charge is 2.31. The molecule has 0 spiro atoms. The Morgan fingerprint density at radius 1 is 1.11 bits per heavy atom. The van der Waals surface area contributed by atoms with Crippen LogP contribution < -0.4 is 0 Å². The molecule has 3 aromatic rings. The first-order valence-electron chi connectivity index (χ1n) is 9.32. The van der Waals surface area contributed by atoms with Crippen molar-refractivity contribution in [2.24, 2.45) is 0 Å². The average Bonchev–Trinajstić information content (AvgIpc) is 3.28. The molecule has 0 saturated carbocycles. The molecule has 0 bridgehead atoms. The fraction of sp³-hybridized carbons (Fsp3) is 0.333. The van der Waals surface area contributed by atoms with E-state index in [1.54, 1.807) is 11.3 Å². The van der Waals surface area contributed by atoms with Crippen LogP contribution in [0.1, 0.15) is 34.7 Å². The van der Waals surface area contributed by atoms with Gasteiger partial charge in [0.2, 0.25) is 0 Å². The minimum Gasteiger partial charge on any atom is -0.334 e. The number of aromatic nitrogens is 1. The zero-order valence-electron chi connectivity index (χ0n) is 15.6. The third-order valence-electron chi connectivity index (χ3n) is 5.23. The minimum absolute atomic E-state index is 0.0124. The van der Waals surface area contributed by atoms with Crippen LogP contribution in [0.5, 0.6) is 0 Å². The Bertz CT molecular complexity index is 976. The molecule has 2 aromatic heterocycles. The van der Waals surface area contributed by atoms with E-state index >= 15 is 0 Å². The third kappa shape index (κ3) is 3.14. The molecule has 4 rings (SSSR count). The third-order valence-corrected chi connectivity index (χ3v) is 6.19. The van der Waals surface area contributed by atoms with Gasteiger partial charge in [-0.1, -0.05) is 18.2 Å². The number of amides is 2. The van der Waals surface area contributed by atoms with E-state index in [-0.39, 0.29) is 17.9 Å². The zero-order valence-corrected chi connectivity index (χ0v) is 16.4. The van der Waals surface area contributed by atoms with Crippen LogP contribution in [-0.2, 0) is 6.54 Å². The van der Waals surface area contributed by atoms with Gasteiger partial charge >= 0.3 is 0 Å². The first-order valence-corrected chi connectivity index (χ1v) is 10.2. The van der Waals surface area contributed by atoms with Crippen molar-refractivity contribution in [2.75, 3.05) is 19.6 Å². The molecule has 27 heavy (non-hydrogen) atoms. The summed E-state index contributed by atoms with van der Waals surface area (Å²) in [6.45, 7) is 6.52. The summed E-state index contributed by atoms with van der Waals surface area (Å²) in [5, 5.41) is 3.18. The summed E-state index contributed by atoms with van der Waals surface area (Å²) in [6.07, 6.45) is 0. The quantitative estimate of drug-likeness (QED) is 0.694. The van der Waals surface area contributed by atoms with Gasteiger partial charge in [0.05, 0.1) is 0 Å². The smallest absolute Gasteiger partial charge is 0.270 e. The molecule has 0 radical (unpaired) electrons. The van der Waals surface area contributed by atoms with Gasteiger partial charge in [-0.15, -0.1) is 11.3 Å². The number of carbonyl (C=O) groups is 2. The van der Waals surface area contributed by atoms with E-state index in [9.17, 15) is 9.59 Å². The largest absolute Gasteiger partial charge is 0.334 e. The predicted octanol–water partition coefficient (Wildman–Crippen LogP) is 3.71. The number of rotatable bonds is 3. The number of fused-ring (bicyclic) bond motifs is 1. The molecular weight excluding hydrogens is 358 g/mol. The number of carbonyl (C=O) groups excluding carboxylic acids is 2. The number of thiophene rings is 1. The van der Waals surface area contributed by atoms with E-state index in [4.69, 9.17) is 0 Å². The van der Waals surface area contributed by atoms with Crippen molar-refractivity contribution in [2.45, 2.75) is 26.4 Å². The van der Waals surface area contributed by atoms with Gasteiger partial charge in [-0.25, -0.2) is 0 Å². The van der Waals surface area contributed by atoms with Crippen LogP contribution in [0, 0.1) is 0 Å². The second-order valence-electron chi connectivity index (χ2n) is 6.92. The fourth-order valence-electron chi connectivity index (χ4n) is 3.82. The van der Waals surface area contributed by atoms with Crippen LogP contribution in [0.2, 0.25) is 0 Å². The van der Waals surface area contributed by atoms with Gasteiger partial charge in [0.1, 0.15) is 10.5 Å². The van der Waals surface area contributed by atoms with Gasteiger partial charge < -0.3 is 14.4 Å². The summed E-state index contributed by atoms with van der Waals surface area (Å²) in [7, 11) is 0. The maximum absolute atomic E-state index is 13.1. The maximum atomic E-state index is 13.1. The fourth-order valence-corrected chi connectivity index (χ4v) is 4.78. The van der Waals surface area contributed by atoms with Crippen LogP contribution in [0.4, 0.5) is 0 Å². The molecule has 1 atom stereocenters. The maximum Gasteiger partial charge on any atom is 0.270 e. The van der Waals surface area contributed by atoms with E-state index in [1.165, 1.54) is 0 Å². The molecule has 6 heteroatoms. The Balaban J connectivity index is 1.51. The number of aryl methyl sites for hydroxylation is 1. The number of nitrogens with zero attached hydrogens (tertiary/aromatic N) is 3. The van der Waals surface area contributed by atoms with Crippen LogP contribution in [-0.4, -0.2) is 51.9 Å². The van der Waals surface area contributed by atoms with Gasteiger partial charge in [-0.3, -0.25) is 9.59 Å². The van der Waals surface area contributed by atoms with E-state index in [1.807, 2.05) is 53.1 Å². The van der Waals surface area contributed by atoms with E-state index in [2.05, 4.69) is 22.9 Å². The van der Waals surface area contributed by atoms with Crippen LogP contribution in [0.25, 0.3) is 10.2 Å². The van der Waals surface area contributed by atoms with E-state index < -0.39 is 0 Å². The topological polar surface area (TPSA) is 45.6 Å². The Morgan fingerprint density at radius 2 is 1.89 bits per heavy atom. The Kier molecular flexibility index (Phi) is 4.74. The van der Waals surface area contributed by atoms with Crippen molar-refractivity contribution in [1.82, 2.24) is 14.4 Å². The second kappa shape index (κ2) is 7.19. The molecule has 5 nitrogen and oxygen atoms in total. The van der Waals surface area contributed by atoms with Crippen molar-refractivity contribution >= 4 is 33.4 Å². The van der Waals surface area contributed by atoms with Crippen molar-refractivity contribution in [1.29, 1.82) is 0 Å².